The number of carbonyl (C=O) groups is 1. The summed E-state index contributed by atoms with van der Waals surface area (Å²) in [6.45, 7) is 2.26. The third-order valence-corrected chi connectivity index (χ3v) is 8.58. The van der Waals surface area contributed by atoms with Gasteiger partial charge in [-0.05, 0) is 61.0 Å². The molecule has 0 radical (unpaired) electrons. The number of aromatic nitrogens is 3. The van der Waals surface area contributed by atoms with Gasteiger partial charge < -0.3 is 19.1 Å². The molecular formula is C34H25F3N4O4. The van der Waals surface area contributed by atoms with Crippen molar-refractivity contribution in [1.29, 1.82) is 5.26 Å². The highest BCUT2D eigenvalue weighted by Gasteiger charge is 2.61. The van der Waals surface area contributed by atoms with E-state index in [0.717, 1.165) is 18.2 Å². The molecule has 3 aromatic carbocycles. The fourth-order valence-corrected chi connectivity index (χ4v) is 6.60. The molecule has 1 saturated carbocycles. The number of nitrogens with zero attached hydrogens (tertiary/aromatic N) is 4. The number of fused-ring (bicyclic) bond motifs is 2. The molecule has 226 valence electrons. The standard InChI is InChI=1S/C34H25F3N4O4/c1-33-16-34(17-33,18-45-33)41-29-11-20(32(42)43)7-8-28(29)39-30(41)12-22-10-26(37)23(13-25(22)36)27-3-2-4-31(40-27)44-15-21-6-5-19(14-38)9-24(21)35/h2-11,13H,12,15-18H2,1H3,(H,42,43). The number of rotatable bonds is 8. The van der Waals surface area contributed by atoms with Gasteiger partial charge in [0.25, 0.3) is 0 Å². The number of nitriles is 1. The number of carboxylic acid groups (broad SMARTS) is 1. The highest BCUT2D eigenvalue weighted by Crippen LogP contribution is 2.57. The predicted octanol–water partition coefficient (Wildman–Crippen LogP) is 6.53. The van der Waals surface area contributed by atoms with Crippen LogP contribution in [-0.2, 0) is 23.3 Å². The van der Waals surface area contributed by atoms with Gasteiger partial charge in [-0.15, -0.1) is 0 Å². The van der Waals surface area contributed by atoms with Crippen LogP contribution in [0.3, 0.4) is 0 Å². The summed E-state index contributed by atoms with van der Waals surface area (Å²) in [5.74, 6) is -2.48. The molecule has 1 aliphatic carbocycles. The summed E-state index contributed by atoms with van der Waals surface area (Å²) in [5, 5.41) is 18.5. The van der Waals surface area contributed by atoms with E-state index in [4.69, 9.17) is 19.7 Å². The Kier molecular flexibility index (Phi) is 6.63. The molecule has 0 spiro atoms. The molecule has 0 unspecified atom stereocenters. The van der Waals surface area contributed by atoms with Crippen molar-refractivity contribution in [2.24, 2.45) is 0 Å². The van der Waals surface area contributed by atoms with E-state index < -0.39 is 29.0 Å². The lowest BCUT2D eigenvalue weighted by molar-refractivity contribution is 0.00629. The predicted molar refractivity (Wildman–Crippen MR) is 156 cm³/mol. The molecule has 1 N–H and O–H groups in total. The molecule has 2 saturated heterocycles. The minimum Gasteiger partial charge on any atom is -0.478 e. The maximum Gasteiger partial charge on any atom is 0.335 e. The lowest BCUT2D eigenvalue weighted by atomic mass is 9.69. The van der Waals surface area contributed by atoms with Gasteiger partial charge in [0.15, 0.2) is 0 Å². The lowest BCUT2D eigenvalue weighted by Crippen LogP contribution is -2.49. The number of pyridine rings is 1. The van der Waals surface area contributed by atoms with Crippen LogP contribution in [0.1, 0.15) is 52.6 Å². The van der Waals surface area contributed by atoms with E-state index in [0.29, 0.717) is 36.3 Å². The fourth-order valence-electron chi connectivity index (χ4n) is 6.60. The van der Waals surface area contributed by atoms with E-state index in [9.17, 15) is 14.3 Å². The molecule has 11 heteroatoms. The van der Waals surface area contributed by atoms with Crippen molar-refractivity contribution in [3.63, 3.8) is 0 Å². The SMILES string of the molecule is CC12CC(n3c(Cc4cc(F)c(-c5cccc(OCc6ccc(C#N)cc6F)n5)cc4F)nc4ccc(C(=O)O)cc43)(CO1)C2. The third-order valence-electron chi connectivity index (χ3n) is 8.58. The Morgan fingerprint density at radius 2 is 1.82 bits per heavy atom. The molecular weight excluding hydrogens is 585 g/mol. The largest absolute Gasteiger partial charge is 0.478 e. The van der Waals surface area contributed by atoms with Crippen LogP contribution in [0.5, 0.6) is 5.88 Å². The van der Waals surface area contributed by atoms with Crippen molar-refractivity contribution in [2.45, 2.75) is 43.9 Å². The maximum atomic E-state index is 15.6. The highest BCUT2D eigenvalue weighted by atomic mass is 19.1. The number of imidazole rings is 1. The van der Waals surface area contributed by atoms with Gasteiger partial charge in [0.1, 0.15) is 29.9 Å². The Hall–Kier alpha value is -5.21. The monoisotopic (exact) mass is 610 g/mol. The van der Waals surface area contributed by atoms with Crippen molar-refractivity contribution in [2.75, 3.05) is 6.61 Å². The summed E-state index contributed by atoms with van der Waals surface area (Å²) in [7, 11) is 0. The normalized spacial score (nSPS) is 20.2. The Morgan fingerprint density at radius 3 is 2.53 bits per heavy atom. The smallest absolute Gasteiger partial charge is 0.335 e. The van der Waals surface area contributed by atoms with Gasteiger partial charge in [-0.25, -0.2) is 27.9 Å². The summed E-state index contributed by atoms with van der Waals surface area (Å²) < 4.78 is 59.0. The van der Waals surface area contributed by atoms with Crippen LogP contribution in [0.15, 0.2) is 66.7 Å². The van der Waals surface area contributed by atoms with Crippen molar-refractivity contribution < 1.29 is 32.5 Å². The molecule has 3 fully saturated rings. The zero-order chi connectivity index (χ0) is 31.5. The topological polar surface area (TPSA) is 110 Å². The first-order valence-corrected chi connectivity index (χ1v) is 14.2. The summed E-state index contributed by atoms with van der Waals surface area (Å²) in [4.78, 5) is 20.7. The maximum absolute atomic E-state index is 15.6. The molecule has 2 aromatic heterocycles. The number of aromatic carboxylic acids is 1. The molecule has 5 aromatic rings. The third kappa shape index (κ3) is 4.97. The van der Waals surface area contributed by atoms with Crippen LogP contribution < -0.4 is 4.74 Å². The van der Waals surface area contributed by atoms with Crippen molar-refractivity contribution in [1.82, 2.24) is 14.5 Å². The van der Waals surface area contributed by atoms with Crippen molar-refractivity contribution in [3.8, 4) is 23.2 Å². The Bertz CT molecular complexity index is 2060. The van der Waals surface area contributed by atoms with E-state index in [1.807, 2.05) is 17.6 Å². The second kappa shape index (κ2) is 10.5. The van der Waals surface area contributed by atoms with Crippen LogP contribution in [0.4, 0.5) is 13.2 Å². The van der Waals surface area contributed by atoms with E-state index in [1.165, 1.54) is 30.3 Å². The number of hydrogen-bond donors (Lipinski definition) is 1. The number of benzene rings is 3. The molecule has 45 heavy (non-hydrogen) atoms. The van der Waals surface area contributed by atoms with Crippen molar-refractivity contribution >= 4 is 17.0 Å². The van der Waals surface area contributed by atoms with Gasteiger partial charge >= 0.3 is 5.97 Å². The first kappa shape index (κ1) is 28.6. The molecule has 8 rings (SSSR count). The first-order valence-electron chi connectivity index (χ1n) is 14.2. The minimum absolute atomic E-state index is 0.0364. The summed E-state index contributed by atoms with van der Waals surface area (Å²) in [6, 6.07) is 17.3. The summed E-state index contributed by atoms with van der Waals surface area (Å²) >= 11 is 0. The average Bonchev–Trinajstić information content (AvgIpc) is 3.65. The van der Waals surface area contributed by atoms with Crippen LogP contribution in [-0.4, -0.2) is 37.8 Å². The average molecular weight is 611 g/mol. The van der Waals surface area contributed by atoms with E-state index in [1.54, 1.807) is 18.2 Å². The molecule has 2 aliphatic heterocycles. The minimum atomic E-state index is -1.07. The molecule has 0 amide bonds. The zero-order valence-electron chi connectivity index (χ0n) is 24.0. The summed E-state index contributed by atoms with van der Waals surface area (Å²) in [6.07, 6.45) is 1.37. The van der Waals surface area contributed by atoms with Gasteiger partial charge in [0, 0.05) is 36.5 Å². The van der Waals surface area contributed by atoms with E-state index in [2.05, 4.69) is 4.98 Å². The number of halogens is 3. The van der Waals surface area contributed by atoms with Gasteiger partial charge in [-0.3, -0.25) is 0 Å². The van der Waals surface area contributed by atoms with Gasteiger partial charge in [0.05, 0.1) is 51.7 Å². The van der Waals surface area contributed by atoms with E-state index >= 15 is 8.78 Å². The Balaban J connectivity index is 1.18. The van der Waals surface area contributed by atoms with Gasteiger partial charge in [-0.2, -0.15) is 5.26 Å². The Morgan fingerprint density at radius 1 is 1.02 bits per heavy atom. The number of ether oxygens (including phenoxy) is 2. The van der Waals surface area contributed by atoms with E-state index in [-0.39, 0.29) is 58.0 Å². The highest BCUT2D eigenvalue weighted by molar-refractivity contribution is 5.92. The fraction of sp³-hybridized carbons (Fsp3) is 0.235. The lowest BCUT2D eigenvalue weighted by Gasteiger charge is -2.44. The molecule has 0 atom stereocenters. The van der Waals surface area contributed by atoms with Crippen LogP contribution in [0.25, 0.3) is 22.3 Å². The van der Waals surface area contributed by atoms with Crippen molar-refractivity contribution in [3.05, 3.63) is 112 Å². The number of carboxylic acids is 1. The second-order valence-electron chi connectivity index (χ2n) is 11.9. The van der Waals surface area contributed by atoms with Gasteiger partial charge in [-0.1, -0.05) is 12.1 Å². The quantitative estimate of drug-likeness (QED) is 0.213. The van der Waals surface area contributed by atoms with Crippen LogP contribution in [0.2, 0.25) is 0 Å². The molecule has 2 bridgehead atoms. The Labute approximate surface area is 255 Å². The first-order chi connectivity index (χ1) is 21.6. The molecule has 4 heterocycles. The van der Waals surface area contributed by atoms with Crippen LogP contribution in [0, 0.1) is 28.8 Å². The second-order valence-corrected chi connectivity index (χ2v) is 11.9. The number of hydrogen-bond acceptors (Lipinski definition) is 6. The van der Waals surface area contributed by atoms with Crippen LogP contribution >= 0.6 is 0 Å². The zero-order valence-corrected chi connectivity index (χ0v) is 24.0. The molecule has 3 aliphatic rings. The summed E-state index contributed by atoms with van der Waals surface area (Å²) in [5.41, 5.74) is 1.06. The van der Waals surface area contributed by atoms with Gasteiger partial charge in [0.2, 0.25) is 5.88 Å². The molecule has 8 nitrogen and oxygen atoms in total.